The van der Waals surface area contributed by atoms with E-state index in [1.807, 2.05) is 0 Å². The molecular weight excluding hydrogens is 222 g/mol. The second-order valence-electron chi connectivity index (χ2n) is 5.12. The first-order valence-corrected chi connectivity index (χ1v) is 5.63. The molecule has 1 rings (SSSR count). The van der Waals surface area contributed by atoms with Gasteiger partial charge in [0, 0.05) is 0 Å². The van der Waals surface area contributed by atoms with Crippen molar-refractivity contribution in [1.29, 1.82) is 0 Å². The van der Waals surface area contributed by atoms with Gasteiger partial charge in [0.05, 0.1) is 6.04 Å². The van der Waals surface area contributed by atoms with Gasteiger partial charge in [-0.25, -0.2) is 9.59 Å². The summed E-state index contributed by atoms with van der Waals surface area (Å²) in [5, 5.41) is 9.06. The Kier molecular flexibility index (Phi) is 3.80. The van der Waals surface area contributed by atoms with E-state index in [9.17, 15) is 9.59 Å². The first-order valence-electron chi connectivity index (χ1n) is 5.63. The van der Waals surface area contributed by atoms with Crippen LogP contribution in [0.5, 0.6) is 0 Å². The average molecular weight is 241 g/mol. The van der Waals surface area contributed by atoms with Crippen LogP contribution in [0.2, 0.25) is 0 Å². The maximum atomic E-state index is 11.9. The molecule has 0 aromatic heterocycles. The number of hydrogen-bond donors (Lipinski definition) is 1. The fourth-order valence-corrected chi connectivity index (χ4v) is 1.89. The lowest BCUT2D eigenvalue weighted by Gasteiger charge is -2.29. The number of nitrogens with zero attached hydrogens (tertiary/aromatic N) is 1. The number of amides is 1. The number of rotatable bonds is 2. The molecule has 5 heteroatoms. The van der Waals surface area contributed by atoms with Crippen molar-refractivity contribution in [3.63, 3.8) is 0 Å². The van der Waals surface area contributed by atoms with Crippen molar-refractivity contribution < 1.29 is 19.4 Å². The second kappa shape index (κ2) is 4.77. The number of carbonyl (C=O) groups excluding carboxylic acids is 1. The third-order valence-corrected chi connectivity index (χ3v) is 2.59. The van der Waals surface area contributed by atoms with E-state index in [1.165, 1.54) is 4.90 Å². The molecule has 0 saturated carbocycles. The normalized spacial score (nSPS) is 24.5. The van der Waals surface area contributed by atoms with Crippen LogP contribution in [0, 0.1) is 0 Å². The highest BCUT2D eigenvalue weighted by molar-refractivity contribution is 5.81. The molecule has 0 radical (unpaired) electrons. The van der Waals surface area contributed by atoms with Crippen molar-refractivity contribution in [3.05, 3.63) is 12.7 Å². The van der Waals surface area contributed by atoms with Crippen LogP contribution in [0.4, 0.5) is 4.79 Å². The summed E-state index contributed by atoms with van der Waals surface area (Å²) in [7, 11) is 0. The second-order valence-corrected chi connectivity index (χ2v) is 5.12. The smallest absolute Gasteiger partial charge is 0.411 e. The van der Waals surface area contributed by atoms with Gasteiger partial charge in [0.15, 0.2) is 0 Å². The first kappa shape index (κ1) is 13.5. The maximum Gasteiger partial charge on any atom is 0.411 e. The van der Waals surface area contributed by atoms with Crippen LogP contribution in [0.25, 0.3) is 0 Å². The molecule has 1 heterocycles. The fraction of sp³-hybridized carbons (Fsp3) is 0.667. The monoisotopic (exact) mass is 241 g/mol. The predicted octanol–water partition coefficient (Wildman–Crippen LogP) is 2.03. The molecule has 17 heavy (non-hydrogen) atoms. The minimum atomic E-state index is -1.000. The third kappa shape index (κ3) is 3.22. The van der Waals surface area contributed by atoms with Gasteiger partial charge in [-0.15, -0.1) is 6.58 Å². The molecule has 1 saturated heterocycles. The van der Waals surface area contributed by atoms with Crippen molar-refractivity contribution >= 4 is 12.1 Å². The topological polar surface area (TPSA) is 66.8 Å². The van der Waals surface area contributed by atoms with E-state index in [1.54, 1.807) is 26.8 Å². The summed E-state index contributed by atoms with van der Waals surface area (Å²) in [6.45, 7) is 8.87. The molecule has 2 atom stereocenters. The Morgan fingerprint density at radius 3 is 2.41 bits per heavy atom. The van der Waals surface area contributed by atoms with Crippen LogP contribution in [-0.4, -0.2) is 39.8 Å². The van der Waals surface area contributed by atoms with Gasteiger partial charge in [-0.3, -0.25) is 4.90 Å². The lowest BCUT2D eigenvalue weighted by Crippen LogP contribution is -2.46. The summed E-state index contributed by atoms with van der Waals surface area (Å²) in [4.78, 5) is 24.3. The lowest BCUT2D eigenvalue weighted by atomic mass is 10.2. The largest absolute Gasteiger partial charge is 0.480 e. The minimum Gasteiger partial charge on any atom is -0.480 e. The van der Waals surface area contributed by atoms with Crippen LogP contribution in [0.15, 0.2) is 12.7 Å². The van der Waals surface area contributed by atoms with Crippen molar-refractivity contribution in [2.24, 2.45) is 0 Å². The number of likely N-dealkylation sites (tertiary alicyclic amines) is 1. The van der Waals surface area contributed by atoms with Gasteiger partial charge in [0.25, 0.3) is 0 Å². The fourth-order valence-electron chi connectivity index (χ4n) is 1.89. The Balaban J connectivity index is 2.85. The van der Waals surface area contributed by atoms with Gasteiger partial charge < -0.3 is 9.84 Å². The molecule has 1 N–H and O–H groups in total. The predicted molar refractivity (Wildman–Crippen MR) is 62.7 cm³/mol. The highest BCUT2D eigenvalue weighted by Gasteiger charge is 2.41. The maximum absolute atomic E-state index is 11.9. The van der Waals surface area contributed by atoms with Gasteiger partial charge in [-0.2, -0.15) is 0 Å². The number of carboxylic acids is 1. The van der Waals surface area contributed by atoms with E-state index < -0.39 is 23.7 Å². The number of ether oxygens (including phenoxy) is 1. The SMILES string of the molecule is C=C[C@H]1CC[C@@H](C(=O)O)N1C(=O)OC(C)(C)C. The Bertz CT molecular complexity index is 332. The zero-order valence-corrected chi connectivity index (χ0v) is 10.5. The van der Waals surface area contributed by atoms with Crippen LogP contribution in [-0.2, 0) is 9.53 Å². The molecule has 1 aliphatic heterocycles. The number of carboxylic acid groups (broad SMARTS) is 1. The Morgan fingerprint density at radius 2 is 2.00 bits per heavy atom. The van der Waals surface area contributed by atoms with Crippen molar-refractivity contribution in [1.82, 2.24) is 4.90 Å². The van der Waals surface area contributed by atoms with Crippen molar-refractivity contribution in [2.45, 2.75) is 51.3 Å². The molecule has 1 aliphatic rings. The average Bonchev–Trinajstić information content (AvgIpc) is 2.57. The Morgan fingerprint density at radius 1 is 1.41 bits per heavy atom. The standard InChI is InChI=1S/C12H19NO4/c1-5-8-6-7-9(10(14)15)13(8)11(16)17-12(2,3)4/h5,8-9H,1,6-7H2,2-4H3,(H,14,15)/t8-,9-/m0/s1. The molecule has 0 unspecified atom stereocenters. The molecule has 1 fully saturated rings. The number of carbonyl (C=O) groups is 2. The highest BCUT2D eigenvalue weighted by atomic mass is 16.6. The lowest BCUT2D eigenvalue weighted by molar-refractivity contribution is -0.142. The Labute approximate surface area is 101 Å². The zero-order valence-electron chi connectivity index (χ0n) is 10.5. The summed E-state index contributed by atoms with van der Waals surface area (Å²) in [6.07, 6.45) is 2.05. The first-order chi connectivity index (χ1) is 7.76. The van der Waals surface area contributed by atoms with E-state index in [4.69, 9.17) is 9.84 Å². The van der Waals surface area contributed by atoms with E-state index in [2.05, 4.69) is 6.58 Å². The van der Waals surface area contributed by atoms with Gasteiger partial charge in [-0.05, 0) is 33.6 Å². The molecule has 0 aromatic carbocycles. The number of hydrogen-bond acceptors (Lipinski definition) is 3. The molecular formula is C12H19NO4. The summed E-state index contributed by atoms with van der Waals surface area (Å²) in [5.41, 5.74) is -0.631. The summed E-state index contributed by atoms with van der Waals surface area (Å²) in [6, 6.07) is -1.07. The molecule has 5 nitrogen and oxygen atoms in total. The van der Waals surface area contributed by atoms with Crippen molar-refractivity contribution in [2.75, 3.05) is 0 Å². The number of aliphatic carboxylic acids is 1. The molecule has 0 aliphatic carbocycles. The summed E-state index contributed by atoms with van der Waals surface area (Å²) >= 11 is 0. The highest BCUT2D eigenvalue weighted by Crippen LogP contribution is 2.27. The van der Waals surface area contributed by atoms with Crippen LogP contribution >= 0.6 is 0 Å². The van der Waals surface area contributed by atoms with Gasteiger partial charge in [0.1, 0.15) is 11.6 Å². The van der Waals surface area contributed by atoms with Crippen LogP contribution in [0.3, 0.4) is 0 Å². The molecule has 0 bridgehead atoms. The van der Waals surface area contributed by atoms with Crippen LogP contribution in [0.1, 0.15) is 33.6 Å². The third-order valence-electron chi connectivity index (χ3n) is 2.59. The summed E-state index contributed by atoms with van der Waals surface area (Å²) in [5.74, 6) is -1.000. The minimum absolute atomic E-state index is 0.258. The molecule has 0 spiro atoms. The van der Waals surface area contributed by atoms with Crippen LogP contribution < -0.4 is 0 Å². The van der Waals surface area contributed by atoms with E-state index in [0.717, 1.165) is 0 Å². The van der Waals surface area contributed by atoms with E-state index in [-0.39, 0.29) is 6.04 Å². The molecule has 1 amide bonds. The molecule has 0 aromatic rings. The van der Waals surface area contributed by atoms with Crippen molar-refractivity contribution in [3.8, 4) is 0 Å². The quantitative estimate of drug-likeness (QED) is 0.751. The zero-order chi connectivity index (χ0) is 13.2. The summed E-state index contributed by atoms with van der Waals surface area (Å²) < 4.78 is 5.21. The van der Waals surface area contributed by atoms with Gasteiger partial charge in [0.2, 0.25) is 0 Å². The molecule has 96 valence electrons. The van der Waals surface area contributed by atoms with E-state index >= 15 is 0 Å². The Hall–Kier alpha value is -1.52. The van der Waals surface area contributed by atoms with Gasteiger partial charge in [-0.1, -0.05) is 6.08 Å². The van der Waals surface area contributed by atoms with E-state index in [0.29, 0.717) is 12.8 Å². The van der Waals surface area contributed by atoms with Gasteiger partial charge >= 0.3 is 12.1 Å².